The standard InChI is InChI=1S/C26H36NO7/c1-17(28)34-12-8-10-27(2)11-9-18-13-21(29-3)22(30-4)16-20(18)25(27)19-14-23(31-5)26(33-7)24(15-19)32-6/h13-16,25H,8-12H2,1-7H3/q+1. The number of hydrogen-bond acceptors (Lipinski definition) is 7. The zero-order valence-corrected chi connectivity index (χ0v) is 21.2. The van der Waals surface area contributed by atoms with Gasteiger partial charge in [-0.1, -0.05) is 0 Å². The number of carbonyl (C=O) groups excluding carboxylic acids is 1. The molecule has 186 valence electrons. The Morgan fingerprint density at radius 1 is 0.882 bits per heavy atom. The molecule has 0 aliphatic carbocycles. The van der Waals surface area contributed by atoms with Crippen LogP contribution in [0.2, 0.25) is 0 Å². The summed E-state index contributed by atoms with van der Waals surface area (Å²) in [4.78, 5) is 11.3. The average Bonchev–Trinajstić information content (AvgIpc) is 2.84. The molecule has 0 radical (unpaired) electrons. The first-order valence-electron chi connectivity index (χ1n) is 11.3. The maximum Gasteiger partial charge on any atom is 0.302 e. The molecule has 0 amide bonds. The first kappa shape index (κ1) is 25.5. The van der Waals surface area contributed by atoms with Gasteiger partial charge in [0.25, 0.3) is 0 Å². The van der Waals surface area contributed by atoms with E-state index in [9.17, 15) is 4.79 Å². The van der Waals surface area contributed by atoms with Crippen LogP contribution in [0.3, 0.4) is 0 Å². The van der Waals surface area contributed by atoms with E-state index in [0.29, 0.717) is 29.6 Å². The van der Waals surface area contributed by atoms with Crippen molar-refractivity contribution in [3.63, 3.8) is 0 Å². The van der Waals surface area contributed by atoms with Crippen LogP contribution in [-0.4, -0.2) is 72.7 Å². The zero-order chi connectivity index (χ0) is 24.9. The Balaban J connectivity index is 2.16. The Labute approximate surface area is 201 Å². The Hall–Kier alpha value is -3.13. The number of hydrogen-bond donors (Lipinski definition) is 0. The summed E-state index contributed by atoms with van der Waals surface area (Å²) >= 11 is 0. The zero-order valence-electron chi connectivity index (χ0n) is 21.2. The van der Waals surface area contributed by atoms with Gasteiger partial charge in [0.15, 0.2) is 23.0 Å². The molecule has 2 unspecified atom stereocenters. The number of carbonyl (C=O) groups is 1. The second-order valence-electron chi connectivity index (χ2n) is 8.64. The van der Waals surface area contributed by atoms with Crippen LogP contribution in [0.25, 0.3) is 0 Å². The van der Waals surface area contributed by atoms with Gasteiger partial charge in [0.2, 0.25) is 5.75 Å². The van der Waals surface area contributed by atoms with Gasteiger partial charge in [-0.05, 0) is 29.8 Å². The van der Waals surface area contributed by atoms with Crippen molar-refractivity contribution in [1.29, 1.82) is 0 Å². The predicted octanol–water partition coefficient (Wildman–Crippen LogP) is 3.77. The molecule has 0 saturated carbocycles. The topological polar surface area (TPSA) is 72.5 Å². The summed E-state index contributed by atoms with van der Waals surface area (Å²) in [5.41, 5.74) is 3.41. The van der Waals surface area contributed by atoms with Gasteiger partial charge in [0.05, 0.1) is 62.3 Å². The van der Waals surface area contributed by atoms with Crippen molar-refractivity contribution in [2.45, 2.75) is 25.8 Å². The van der Waals surface area contributed by atoms with E-state index in [1.54, 1.807) is 35.5 Å². The molecular weight excluding hydrogens is 438 g/mol. The number of esters is 1. The number of nitrogens with zero attached hydrogens (tertiary/aromatic N) is 1. The molecular formula is C26H36NO7+. The summed E-state index contributed by atoms with van der Waals surface area (Å²) < 4.78 is 34.0. The number of quaternary nitrogens is 1. The second kappa shape index (κ2) is 10.9. The summed E-state index contributed by atoms with van der Waals surface area (Å²) in [7, 11) is 10.4. The van der Waals surface area contributed by atoms with Gasteiger partial charge in [-0.3, -0.25) is 4.79 Å². The summed E-state index contributed by atoms with van der Waals surface area (Å²) in [5.74, 6) is 2.92. The van der Waals surface area contributed by atoms with Crippen molar-refractivity contribution < 1.29 is 37.7 Å². The molecule has 0 bridgehead atoms. The molecule has 0 aromatic heterocycles. The van der Waals surface area contributed by atoms with E-state index in [0.717, 1.165) is 47.3 Å². The minimum absolute atomic E-state index is 0.0328. The summed E-state index contributed by atoms with van der Waals surface area (Å²) in [6.45, 7) is 3.56. The maximum absolute atomic E-state index is 11.3. The Bertz CT molecular complexity index is 997. The fourth-order valence-electron chi connectivity index (χ4n) is 4.93. The molecule has 34 heavy (non-hydrogen) atoms. The van der Waals surface area contributed by atoms with Crippen LogP contribution in [0.15, 0.2) is 24.3 Å². The van der Waals surface area contributed by atoms with Gasteiger partial charge >= 0.3 is 5.97 Å². The lowest BCUT2D eigenvalue weighted by Gasteiger charge is -2.46. The highest BCUT2D eigenvalue weighted by atomic mass is 16.5. The first-order chi connectivity index (χ1) is 16.3. The third-order valence-corrected chi connectivity index (χ3v) is 6.58. The van der Waals surface area contributed by atoms with Gasteiger partial charge < -0.3 is 32.9 Å². The van der Waals surface area contributed by atoms with Crippen molar-refractivity contribution in [2.75, 3.05) is 62.3 Å². The smallest absolute Gasteiger partial charge is 0.302 e. The molecule has 2 atom stereocenters. The van der Waals surface area contributed by atoms with E-state index in [-0.39, 0.29) is 12.0 Å². The largest absolute Gasteiger partial charge is 0.493 e. The molecule has 0 saturated heterocycles. The fourth-order valence-corrected chi connectivity index (χ4v) is 4.93. The minimum atomic E-state index is -0.260. The van der Waals surface area contributed by atoms with Crippen LogP contribution in [-0.2, 0) is 16.0 Å². The minimum Gasteiger partial charge on any atom is -0.493 e. The second-order valence-corrected chi connectivity index (χ2v) is 8.64. The Kier molecular flexibility index (Phi) is 8.15. The third-order valence-electron chi connectivity index (χ3n) is 6.58. The van der Waals surface area contributed by atoms with Crippen LogP contribution in [0.4, 0.5) is 0 Å². The van der Waals surface area contributed by atoms with Crippen molar-refractivity contribution in [3.05, 3.63) is 41.0 Å². The van der Waals surface area contributed by atoms with E-state index < -0.39 is 0 Å². The van der Waals surface area contributed by atoms with Crippen molar-refractivity contribution in [3.8, 4) is 28.7 Å². The lowest BCUT2D eigenvalue weighted by Crippen LogP contribution is -2.52. The van der Waals surface area contributed by atoms with Gasteiger partial charge in [0.1, 0.15) is 6.04 Å². The molecule has 8 nitrogen and oxygen atoms in total. The van der Waals surface area contributed by atoms with E-state index in [1.807, 2.05) is 12.1 Å². The van der Waals surface area contributed by atoms with Gasteiger partial charge in [0, 0.05) is 30.9 Å². The van der Waals surface area contributed by atoms with Crippen LogP contribution < -0.4 is 23.7 Å². The quantitative estimate of drug-likeness (QED) is 0.295. The van der Waals surface area contributed by atoms with Crippen molar-refractivity contribution >= 4 is 5.97 Å². The highest BCUT2D eigenvalue weighted by molar-refractivity contribution is 5.65. The van der Waals surface area contributed by atoms with Crippen molar-refractivity contribution in [2.24, 2.45) is 0 Å². The van der Waals surface area contributed by atoms with Crippen LogP contribution in [0, 0.1) is 0 Å². The number of fused-ring (bicyclic) bond motifs is 1. The molecule has 2 aromatic carbocycles. The normalized spacial score (nSPS) is 19.1. The predicted molar refractivity (Wildman–Crippen MR) is 128 cm³/mol. The average molecular weight is 475 g/mol. The lowest BCUT2D eigenvalue weighted by molar-refractivity contribution is -0.935. The fraction of sp³-hybridized carbons (Fsp3) is 0.500. The summed E-state index contributed by atoms with van der Waals surface area (Å²) in [6.07, 6.45) is 1.64. The van der Waals surface area contributed by atoms with Crippen molar-refractivity contribution in [1.82, 2.24) is 0 Å². The number of likely N-dealkylation sites (N-methyl/N-ethyl adjacent to an activating group) is 1. The molecule has 3 rings (SSSR count). The lowest BCUT2D eigenvalue weighted by atomic mass is 9.85. The van der Waals surface area contributed by atoms with E-state index >= 15 is 0 Å². The van der Waals surface area contributed by atoms with Gasteiger partial charge in [-0.15, -0.1) is 0 Å². The van der Waals surface area contributed by atoms with Crippen LogP contribution >= 0.6 is 0 Å². The van der Waals surface area contributed by atoms with Crippen LogP contribution in [0.5, 0.6) is 28.7 Å². The van der Waals surface area contributed by atoms with E-state index in [2.05, 4.69) is 19.2 Å². The highest BCUT2D eigenvalue weighted by Crippen LogP contribution is 2.48. The summed E-state index contributed by atoms with van der Waals surface area (Å²) in [6, 6.07) is 8.14. The molecule has 0 N–H and O–H groups in total. The SMILES string of the molecule is COc1cc2c(cc1OC)C(c1cc(OC)c(OC)c(OC)c1)[N+](C)(CCCOC(C)=O)CC2. The van der Waals surface area contributed by atoms with E-state index in [1.165, 1.54) is 12.5 Å². The molecule has 8 heteroatoms. The van der Waals surface area contributed by atoms with Gasteiger partial charge in [-0.2, -0.15) is 0 Å². The molecule has 1 heterocycles. The number of rotatable bonds is 10. The third kappa shape index (κ3) is 5.01. The first-order valence-corrected chi connectivity index (χ1v) is 11.3. The molecule has 1 aliphatic rings. The summed E-state index contributed by atoms with van der Waals surface area (Å²) in [5, 5.41) is 0. The molecule has 2 aromatic rings. The highest BCUT2D eigenvalue weighted by Gasteiger charge is 2.41. The maximum atomic E-state index is 11.3. The number of benzene rings is 2. The molecule has 1 aliphatic heterocycles. The number of methoxy groups -OCH3 is 5. The van der Waals surface area contributed by atoms with Gasteiger partial charge in [-0.25, -0.2) is 0 Å². The molecule has 0 fully saturated rings. The van der Waals surface area contributed by atoms with Crippen LogP contribution in [0.1, 0.15) is 36.1 Å². The Morgan fingerprint density at radius 2 is 1.47 bits per heavy atom. The Morgan fingerprint density at radius 3 is 2.00 bits per heavy atom. The monoisotopic (exact) mass is 474 g/mol. The number of ether oxygens (including phenoxy) is 6. The molecule has 0 spiro atoms. The van der Waals surface area contributed by atoms with E-state index in [4.69, 9.17) is 28.4 Å².